The van der Waals surface area contributed by atoms with Gasteiger partial charge in [-0.15, -0.1) is 0 Å². The summed E-state index contributed by atoms with van der Waals surface area (Å²) < 4.78 is 10.8. The van der Waals surface area contributed by atoms with Crippen molar-refractivity contribution in [3.8, 4) is 5.75 Å². The van der Waals surface area contributed by atoms with Crippen LogP contribution < -0.4 is 10.1 Å². The lowest BCUT2D eigenvalue weighted by Gasteiger charge is -2.18. The second-order valence-corrected chi connectivity index (χ2v) is 6.66. The highest BCUT2D eigenvalue weighted by molar-refractivity contribution is 5.77. The van der Waals surface area contributed by atoms with Crippen LogP contribution in [-0.2, 0) is 17.6 Å². The Labute approximate surface area is 148 Å². The molecule has 0 fully saturated rings. The van der Waals surface area contributed by atoms with Crippen molar-refractivity contribution >= 4 is 5.91 Å². The first-order valence-electron chi connectivity index (χ1n) is 8.87. The zero-order valence-electron chi connectivity index (χ0n) is 14.5. The van der Waals surface area contributed by atoms with Gasteiger partial charge in [0.15, 0.2) is 6.61 Å². The molecule has 5 heteroatoms. The predicted molar refractivity (Wildman–Crippen MR) is 94.5 cm³/mol. The Morgan fingerprint density at radius 1 is 1.28 bits per heavy atom. The molecule has 1 aliphatic carbocycles. The molecular weight excluding hydrogens is 318 g/mol. The molecule has 0 aliphatic heterocycles. The predicted octanol–water partition coefficient (Wildman–Crippen LogP) is 3.17. The van der Waals surface area contributed by atoms with Crippen LogP contribution in [0, 0.1) is 0 Å². The van der Waals surface area contributed by atoms with Crippen molar-refractivity contribution in [1.82, 2.24) is 5.32 Å². The summed E-state index contributed by atoms with van der Waals surface area (Å²) in [7, 11) is 0. The molecule has 2 N–H and O–H groups in total. The van der Waals surface area contributed by atoms with Gasteiger partial charge in [-0.3, -0.25) is 4.79 Å². The van der Waals surface area contributed by atoms with Crippen LogP contribution in [0.1, 0.15) is 49.2 Å². The fourth-order valence-corrected chi connectivity index (χ4v) is 3.26. The molecule has 0 radical (unpaired) electrons. The molecule has 1 amide bonds. The van der Waals surface area contributed by atoms with Gasteiger partial charge in [0.2, 0.25) is 0 Å². The second kappa shape index (κ2) is 8.21. The lowest BCUT2D eigenvalue weighted by molar-refractivity contribution is -0.123. The number of hydrogen-bond acceptors (Lipinski definition) is 4. The van der Waals surface area contributed by atoms with Gasteiger partial charge >= 0.3 is 0 Å². The molecule has 0 bridgehead atoms. The van der Waals surface area contributed by atoms with Crippen molar-refractivity contribution in [1.29, 1.82) is 0 Å². The van der Waals surface area contributed by atoms with E-state index in [-0.39, 0.29) is 18.6 Å². The summed E-state index contributed by atoms with van der Waals surface area (Å²) >= 11 is 0. The number of aryl methyl sites for hydroxylation is 2. The molecule has 25 heavy (non-hydrogen) atoms. The average molecular weight is 343 g/mol. The Morgan fingerprint density at radius 3 is 2.84 bits per heavy atom. The van der Waals surface area contributed by atoms with Crippen LogP contribution in [0.2, 0.25) is 0 Å². The number of carbonyl (C=O) groups excluding carboxylic acids is 1. The third kappa shape index (κ3) is 4.86. The molecule has 0 saturated carbocycles. The molecule has 2 unspecified atom stereocenters. The maximum Gasteiger partial charge on any atom is 0.258 e. The second-order valence-electron chi connectivity index (χ2n) is 6.66. The van der Waals surface area contributed by atoms with E-state index >= 15 is 0 Å². The Kier molecular flexibility index (Phi) is 5.76. The van der Waals surface area contributed by atoms with Crippen molar-refractivity contribution in [3.05, 3.63) is 53.5 Å². The standard InChI is InChI=1S/C20H25NO4/c1-14(11-18(22)19-7-4-10-24-19)21-20(23)13-25-17-9-8-15-5-2-3-6-16(15)12-17/h4,7-10,12,14,18,22H,2-3,5-6,11,13H2,1H3,(H,21,23). The third-order valence-electron chi connectivity index (χ3n) is 4.55. The minimum atomic E-state index is -0.730. The molecule has 0 spiro atoms. The molecule has 0 saturated heterocycles. The zero-order valence-corrected chi connectivity index (χ0v) is 14.5. The Hall–Kier alpha value is -2.27. The molecule has 1 aliphatic rings. The number of ether oxygens (including phenoxy) is 1. The fourth-order valence-electron chi connectivity index (χ4n) is 3.26. The van der Waals surface area contributed by atoms with Crippen LogP contribution in [0.5, 0.6) is 5.75 Å². The minimum Gasteiger partial charge on any atom is -0.484 e. The van der Waals surface area contributed by atoms with Gasteiger partial charge in [0.1, 0.15) is 17.6 Å². The summed E-state index contributed by atoms with van der Waals surface area (Å²) in [6.45, 7) is 1.82. The number of benzene rings is 1. The van der Waals surface area contributed by atoms with E-state index in [9.17, 15) is 9.90 Å². The Balaban J connectivity index is 1.44. The van der Waals surface area contributed by atoms with Crippen molar-refractivity contribution < 1.29 is 19.1 Å². The normalized spacial score (nSPS) is 15.9. The highest BCUT2D eigenvalue weighted by Crippen LogP contribution is 2.25. The van der Waals surface area contributed by atoms with E-state index in [0.717, 1.165) is 18.6 Å². The highest BCUT2D eigenvalue weighted by Gasteiger charge is 2.17. The van der Waals surface area contributed by atoms with Crippen molar-refractivity contribution in [3.63, 3.8) is 0 Å². The van der Waals surface area contributed by atoms with Crippen LogP contribution in [0.4, 0.5) is 0 Å². The van der Waals surface area contributed by atoms with Gasteiger partial charge in [0.05, 0.1) is 6.26 Å². The number of nitrogens with one attached hydrogen (secondary N) is 1. The van der Waals surface area contributed by atoms with Crippen LogP contribution in [0.15, 0.2) is 41.0 Å². The molecule has 1 aromatic carbocycles. The Morgan fingerprint density at radius 2 is 2.08 bits per heavy atom. The molecule has 134 valence electrons. The molecule has 3 rings (SSSR count). The van der Waals surface area contributed by atoms with Crippen molar-refractivity contribution in [2.45, 2.75) is 51.2 Å². The van der Waals surface area contributed by atoms with E-state index < -0.39 is 6.10 Å². The largest absolute Gasteiger partial charge is 0.484 e. The topological polar surface area (TPSA) is 71.7 Å². The van der Waals surface area contributed by atoms with Gasteiger partial charge in [0.25, 0.3) is 5.91 Å². The molecule has 1 aromatic heterocycles. The number of furan rings is 1. The average Bonchev–Trinajstić information content (AvgIpc) is 3.14. The highest BCUT2D eigenvalue weighted by atomic mass is 16.5. The lowest BCUT2D eigenvalue weighted by atomic mass is 9.92. The van der Waals surface area contributed by atoms with Gasteiger partial charge in [-0.05, 0) is 68.0 Å². The number of fused-ring (bicyclic) bond motifs is 1. The quantitative estimate of drug-likeness (QED) is 0.810. The summed E-state index contributed by atoms with van der Waals surface area (Å²) in [4.78, 5) is 12.0. The summed E-state index contributed by atoms with van der Waals surface area (Å²) in [5.41, 5.74) is 2.72. The van der Waals surface area contributed by atoms with Crippen LogP contribution >= 0.6 is 0 Å². The number of carbonyl (C=O) groups is 1. The van der Waals surface area contributed by atoms with Gasteiger partial charge in [0, 0.05) is 12.5 Å². The van der Waals surface area contributed by atoms with Crippen molar-refractivity contribution in [2.24, 2.45) is 0 Å². The smallest absolute Gasteiger partial charge is 0.258 e. The minimum absolute atomic E-state index is 0.0278. The van der Waals surface area contributed by atoms with Gasteiger partial charge in [-0.2, -0.15) is 0 Å². The third-order valence-corrected chi connectivity index (χ3v) is 4.55. The number of aliphatic hydroxyl groups is 1. The number of amides is 1. The maximum absolute atomic E-state index is 12.0. The van der Waals surface area contributed by atoms with E-state index in [2.05, 4.69) is 11.4 Å². The first kappa shape index (κ1) is 17.5. The molecule has 2 atom stereocenters. The molecule has 2 aromatic rings. The molecule has 5 nitrogen and oxygen atoms in total. The zero-order chi connectivity index (χ0) is 17.6. The van der Waals surface area contributed by atoms with E-state index in [4.69, 9.17) is 9.15 Å². The van der Waals surface area contributed by atoms with Gasteiger partial charge in [-0.1, -0.05) is 6.07 Å². The van der Waals surface area contributed by atoms with Crippen LogP contribution in [-0.4, -0.2) is 23.7 Å². The maximum atomic E-state index is 12.0. The number of rotatable bonds is 7. The van der Waals surface area contributed by atoms with E-state index in [1.165, 1.54) is 30.2 Å². The lowest BCUT2D eigenvalue weighted by Crippen LogP contribution is -2.37. The van der Waals surface area contributed by atoms with E-state index in [1.54, 1.807) is 12.1 Å². The fraction of sp³-hybridized carbons (Fsp3) is 0.450. The van der Waals surface area contributed by atoms with Crippen LogP contribution in [0.3, 0.4) is 0 Å². The SMILES string of the molecule is CC(CC(O)c1ccco1)NC(=O)COc1ccc2c(c1)CCCC2. The Bertz CT molecular complexity index is 696. The number of hydrogen-bond donors (Lipinski definition) is 2. The van der Waals surface area contributed by atoms with Crippen LogP contribution in [0.25, 0.3) is 0 Å². The molecular formula is C20H25NO4. The summed E-state index contributed by atoms with van der Waals surface area (Å²) in [5.74, 6) is 1.04. The van der Waals surface area contributed by atoms with Gasteiger partial charge in [-0.25, -0.2) is 0 Å². The first-order chi connectivity index (χ1) is 12.1. The first-order valence-corrected chi connectivity index (χ1v) is 8.87. The summed E-state index contributed by atoms with van der Waals surface area (Å²) in [6.07, 6.45) is 5.86. The monoisotopic (exact) mass is 343 g/mol. The molecule has 1 heterocycles. The number of aliphatic hydroxyl groups excluding tert-OH is 1. The summed E-state index contributed by atoms with van der Waals surface area (Å²) in [5, 5.41) is 12.9. The van der Waals surface area contributed by atoms with Gasteiger partial charge < -0.3 is 19.6 Å². The summed E-state index contributed by atoms with van der Waals surface area (Å²) in [6, 6.07) is 9.35. The van der Waals surface area contributed by atoms with E-state index in [0.29, 0.717) is 12.2 Å². The van der Waals surface area contributed by atoms with Crippen molar-refractivity contribution in [2.75, 3.05) is 6.61 Å². The van der Waals surface area contributed by atoms with E-state index in [1.807, 2.05) is 19.1 Å².